The van der Waals surface area contributed by atoms with Crippen molar-refractivity contribution in [2.24, 2.45) is 0 Å². The van der Waals surface area contributed by atoms with Crippen LogP contribution in [0.1, 0.15) is 12.8 Å². The molecule has 2 nitrogen and oxygen atoms in total. The van der Waals surface area contributed by atoms with Gasteiger partial charge in [0, 0.05) is 35.8 Å². The van der Waals surface area contributed by atoms with Gasteiger partial charge >= 0.3 is 0 Å². The first-order valence-electron chi connectivity index (χ1n) is 6.23. The molecule has 0 saturated heterocycles. The average molecular weight is 308 g/mol. The van der Waals surface area contributed by atoms with Crippen molar-refractivity contribution < 1.29 is 4.74 Å². The fraction of sp³-hybridized carbons (Fsp3) is 0.333. The van der Waals surface area contributed by atoms with E-state index in [1.165, 1.54) is 16.5 Å². The van der Waals surface area contributed by atoms with Crippen molar-refractivity contribution >= 4 is 32.4 Å². The quantitative estimate of drug-likeness (QED) is 0.797. The number of nitrogens with one attached hydrogen (secondary N) is 1. The number of ether oxygens (including phenoxy) is 1. The second-order valence-corrected chi connectivity index (χ2v) is 5.12. The van der Waals surface area contributed by atoms with E-state index < -0.39 is 0 Å². The molecule has 2 aromatic carbocycles. The molecule has 1 N–H and O–H groups in total. The van der Waals surface area contributed by atoms with E-state index in [1.54, 1.807) is 7.11 Å². The van der Waals surface area contributed by atoms with Crippen molar-refractivity contribution in [3.63, 3.8) is 0 Å². The van der Waals surface area contributed by atoms with Gasteiger partial charge in [-0.25, -0.2) is 0 Å². The lowest BCUT2D eigenvalue weighted by Gasteiger charge is -2.10. The molecule has 0 aliphatic carbocycles. The van der Waals surface area contributed by atoms with Crippen LogP contribution in [0.5, 0.6) is 0 Å². The van der Waals surface area contributed by atoms with Gasteiger partial charge in [0.15, 0.2) is 0 Å². The van der Waals surface area contributed by atoms with Gasteiger partial charge < -0.3 is 10.1 Å². The van der Waals surface area contributed by atoms with Crippen LogP contribution in [-0.4, -0.2) is 20.3 Å². The van der Waals surface area contributed by atoms with E-state index in [1.807, 2.05) is 0 Å². The zero-order chi connectivity index (χ0) is 12.8. The van der Waals surface area contributed by atoms with Crippen LogP contribution in [0.3, 0.4) is 0 Å². The van der Waals surface area contributed by atoms with Gasteiger partial charge in [0.25, 0.3) is 0 Å². The van der Waals surface area contributed by atoms with Crippen LogP contribution in [0.25, 0.3) is 10.8 Å². The first-order chi connectivity index (χ1) is 8.83. The van der Waals surface area contributed by atoms with E-state index in [0.29, 0.717) is 0 Å². The summed E-state index contributed by atoms with van der Waals surface area (Å²) in [6.45, 7) is 1.82. The summed E-state index contributed by atoms with van der Waals surface area (Å²) in [5.74, 6) is 0. The van der Waals surface area contributed by atoms with Crippen LogP contribution in [0.15, 0.2) is 40.9 Å². The van der Waals surface area contributed by atoms with Crippen molar-refractivity contribution in [1.29, 1.82) is 0 Å². The summed E-state index contributed by atoms with van der Waals surface area (Å²) in [7, 11) is 1.75. The zero-order valence-electron chi connectivity index (χ0n) is 10.6. The van der Waals surface area contributed by atoms with Gasteiger partial charge in [-0.3, -0.25) is 0 Å². The van der Waals surface area contributed by atoms with Crippen molar-refractivity contribution in [2.75, 3.05) is 25.6 Å². The van der Waals surface area contributed by atoms with E-state index >= 15 is 0 Å². The number of halogens is 1. The van der Waals surface area contributed by atoms with Crippen molar-refractivity contribution in [3.05, 3.63) is 40.9 Å². The van der Waals surface area contributed by atoms with Crippen molar-refractivity contribution in [2.45, 2.75) is 12.8 Å². The molecule has 0 aromatic heterocycles. The van der Waals surface area contributed by atoms with Crippen molar-refractivity contribution in [1.82, 2.24) is 0 Å². The Morgan fingerprint density at radius 3 is 2.61 bits per heavy atom. The maximum atomic E-state index is 5.05. The number of hydrogen-bond acceptors (Lipinski definition) is 2. The topological polar surface area (TPSA) is 21.3 Å². The monoisotopic (exact) mass is 307 g/mol. The predicted molar refractivity (Wildman–Crippen MR) is 81.2 cm³/mol. The third kappa shape index (κ3) is 3.24. The molecule has 0 unspecified atom stereocenters. The molecule has 0 saturated carbocycles. The number of methoxy groups -OCH3 is 1. The van der Waals surface area contributed by atoms with Crippen LogP contribution in [-0.2, 0) is 4.74 Å². The third-order valence-corrected chi connectivity index (χ3v) is 3.65. The van der Waals surface area contributed by atoms with Gasteiger partial charge in [0.1, 0.15) is 0 Å². The molecular formula is C15H18BrNO. The Morgan fingerprint density at radius 2 is 1.83 bits per heavy atom. The van der Waals surface area contributed by atoms with E-state index in [-0.39, 0.29) is 0 Å². The number of benzene rings is 2. The standard InChI is InChI=1S/C15H18BrNO/c1-18-11-5-4-10-17-15-9-8-14(16)12-6-2-3-7-13(12)15/h2-3,6-9,17H,4-5,10-11H2,1H3. The summed E-state index contributed by atoms with van der Waals surface area (Å²) in [5.41, 5.74) is 1.20. The first kappa shape index (κ1) is 13.4. The first-order valence-corrected chi connectivity index (χ1v) is 7.02. The number of anilines is 1. The van der Waals surface area contributed by atoms with E-state index in [2.05, 4.69) is 57.6 Å². The van der Waals surface area contributed by atoms with Crippen LogP contribution in [0.2, 0.25) is 0 Å². The Balaban J connectivity index is 2.07. The molecule has 0 atom stereocenters. The largest absolute Gasteiger partial charge is 0.385 e. The lowest BCUT2D eigenvalue weighted by Crippen LogP contribution is -2.03. The normalized spacial score (nSPS) is 10.8. The Hall–Kier alpha value is -1.06. The minimum atomic E-state index is 0.836. The molecule has 18 heavy (non-hydrogen) atoms. The summed E-state index contributed by atoms with van der Waals surface area (Å²) >= 11 is 3.59. The average Bonchev–Trinajstić information content (AvgIpc) is 2.41. The molecule has 0 bridgehead atoms. The molecule has 0 spiro atoms. The number of hydrogen-bond donors (Lipinski definition) is 1. The molecule has 0 radical (unpaired) electrons. The number of unbranched alkanes of at least 4 members (excludes halogenated alkanes) is 1. The van der Waals surface area contributed by atoms with Crippen LogP contribution >= 0.6 is 15.9 Å². The van der Waals surface area contributed by atoms with Gasteiger partial charge in [-0.2, -0.15) is 0 Å². The second kappa shape index (κ2) is 6.76. The molecule has 96 valence electrons. The maximum Gasteiger partial charge on any atom is 0.0462 e. The fourth-order valence-electron chi connectivity index (χ4n) is 2.01. The Bertz CT molecular complexity index is 513. The Morgan fingerprint density at radius 1 is 1.06 bits per heavy atom. The summed E-state index contributed by atoms with van der Waals surface area (Å²) < 4.78 is 6.19. The van der Waals surface area contributed by atoms with Gasteiger partial charge in [-0.1, -0.05) is 40.2 Å². The van der Waals surface area contributed by atoms with Crippen LogP contribution in [0, 0.1) is 0 Å². The highest BCUT2D eigenvalue weighted by molar-refractivity contribution is 9.10. The molecule has 2 aromatic rings. The summed E-state index contributed by atoms with van der Waals surface area (Å²) in [6, 6.07) is 12.6. The summed E-state index contributed by atoms with van der Waals surface area (Å²) in [6.07, 6.45) is 2.22. The van der Waals surface area contributed by atoms with Gasteiger partial charge in [0.05, 0.1) is 0 Å². The maximum absolute atomic E-state index is 5.05. The number of rotatable bonds is 6. The van der Waals surface area contributed by atoms with Crippen LogP contribution in [0.4, 0.5) is 5.69 Å². The predicted octanol–water partition coefficient (Wildman–Crippen LogP) is 4.44. The second-order valence-electron chi connectivity index (χ2n) is 4.27. The van der Waals surface area contributed by atoms with Gasteiger partial charge in [0.2, 0.25) is 0 Å². The minimum Gasteiger partial charge on any atom is -0.385 e. The molecule has 2 rings (SSSR count). The highest BCUT2D eigenvalue weighted by Gasteiger charge is 2.02. The van der Waals surface area contributed by atoms with E-state index in [4.69, 9.17) is 4.74 Å². The molecule has 0 heterocycles. The Kier molecular flexibility index (Phi) is 5.02. The molecule has 0 amide bonds. The molecule has 0 fully saturated rings. The lowest BCUT2D eigenvalue weighted by atomic mass is 10.1. The molecule has 0 aliphatic heterocycles. The van der Waals surface area contributed by atoms with E-state index in [0.717, 1.165) is 30.5 Å². The SMILES string of the molecule is COCCCCNc1ccc(Br)c2ccccc12. The number of fused-ring (bicyclic) bond motifs is 1. The summed E-state index contributed by atoms with van der Waals surface area (Å²) in [5, 5.41) is 6.01. The highest BCUT2D eigenvalue weighted by Crippen LogP contribution is 2.29. The molecule has 3 heteroatoms. The smallest absolute Gasteiger partial charge is 0.0462 e. The van der Waals surface area contributed by atoms with Gasteiger partial charge in [-0.05, 0) is 30.4 Å². The van der Waals surface area contributed by atoms with Gasteiger partial charge in [-0.15, -0.1) is 0 Å². The lowest BCUT2D eigenvalue weighted by molar-refractivity contribution is 0.194. The molecular weight excluding hydrogens is 290 g/mol. The molecule has 0 aliphatic rings. The Labute approximate surface area is 116 Å². The third-order valence-electron chi connectivity index (χ3n) is 2.96. The van der Waals surface area contributed by atoms with E-state index in [9.17, 15) is 0 Å². The van der Waals surface area contributed by atoms with Crippen LogP contribution < -0.4 is 5.32 Å². The minimum absolute atomic E-state index is 0.836. The highest BCUT2D eigenvalue weighted by atomic mass is 79.9. The zero-order valence-corrected chi connectivity index (χ0v) is 12.2. The summed E-state index contributed by atoms with van der Waals surface area (Å²) in [4.78, 5) is 0. The fourth-order valence-corrected chi connectivity index (χ4v) is 2.49. The van der Waals surface area contributed by atoms with Crippen molar-refractivity contribution in [3.8, 4) is 0 Å².